The molecule has 1 aromatic carbocycles. The molecule has 2 rings (SSSR count). The average molecular weight is 369 g/mol. The molecule has 2 amide bonds. The van der Waals surface area contributed by atoms with Crippen LogP contribution in [-0.2, 0) is 4.79 Å². The molecular weight excluding hydrogens is 356 g/mol. The topological polar surface area (TPSA) is 78.4 Å². The first kappa shape index (κ1) is 15.5. The van der Waals surface area contributed by atoms with Crippen molar-refractivity contribution < 1.29 is 14.7 Å². The Labute approximate surface area is 134 Å². The van der Waals surface area contributed by atoms with Gasteiger partial charge in [0.2, 0.25) is 0 Å². The second kappa shape index (κ2) is 6.73. The molecule has 2 aromatic rings. The maximum Gasteiger partial charge on any atom is 0.331 e. The first-order valence-corrected chi connectivity index (χ1v) is 7.74. The molecule has 5 nitrogen and oxygen atoms in total. The Kier molecular flexibility index (Phi) is 4.98. The third kappa shape index (κ3) is 4.05. The zero-order valence-corrected chi connectivity index (χ0v) is 13.5. The van der Waals surface area contributed by atoms with E-state index in [1.54, 1.807) is 23.6 Å². The summed E-state index contributed by atoms with van der Waals surface area (Å²) in [4.78, 5) is 23.8. The highest BCUT2D eigenvalue weighted by atomic mass is 79.9. The third-order valence-electron chi connectivity index (χ3n) is 2.80. The Morgan fingerprint density at radius 2 is 2.10 bits per heavy atom. The smallest absolute Gasteiger partial charge is 0.331 e. The van der Waals surface area contributed by atoms with Gasteiger partial charge < -0.3 is 15.7 Å². The van der Waals surface area contributed by atoms with Gasteiger partial charge >= 0.3 is 12.0 Å². The van der Waals surface area contributed by atoms with E-state index in [0.717, 1.165) is 10.0 Å². The van der Waals surface area contributed by atoms with E-state index in [4.69, 9.17) is 0 Å². The molecule has 0 fully saturated rings. The number of anilines is 1. The Balaban J connectivity index is 2.10. The maximum atomic E-state index is 12.0. The van der Waals surface area contributed by atoms with Crippen LogP contribution in [0.2, 0.25) is 0 Å². The monoisotopic (exact) mass is 368 g/mol. The SMILES string of the molecule is Cc1ccc(Br)cc1NC(=O)NC(C(=O)O)c1cccs1. The summed E-state index contributed by atoms with van der Waals surface area (Å²) in [6.07, 6.45) is 0. The van der Waals surface area contributed by atoms with E-state index >= 15 is 0 Å². The average Bonchev–Trinajstić information content (AvgIpc) is 2.93. The van der Waals surface area contributed by atoms with E-state index in [1.165, 1.54) is 11.3 Å². The largest absolute Gasteiger partial charge is 0.479 e. The summed E-state index contributed by atoms with van der Waals surface area (Å²) in [6.45, 7) is 1.86. The molecule has 0 saturated carbocycles. The Morgan fingerprint density at radius 3 is 2.71 bits per heavy atom. The summed E-state index contributed by atoms with van der Waals surface area (Å²) >= 11 is 4.61. The van der Waals surface area contributed by atoms with Crippen LogP contribution in [-0.4, -0.2) is 17.1 Å². The standard InChI is InChI=1S/C14H13BrN2O3S/c1-8-4-5-9(15)7-10(8)16-14(20)17-12(13(18)19)11-3-2-6-21-11/h2-7,12H,1H3,(H,18,19)(H2,16,17,20). The highest BCUT2D eigenvalue weighted by molar-refractivity contribution is 9.10. The molecule has 0 saturated heterocycles. The molecule has 3 N–H and O–H groups in total. The molecule has 0 bridgehead atoms. The molecule has 0 aliphatic heterocycles. The molecule has 110 valence electrons. The summed E-state index contributed by atoms with van der Waals surface area (Å²) in [5, 5.41) is 16.1. The van der Waals surface area contributed by atoms with Gasteiger partial charge in [-0.25, -0.2) is 9.59 Å². The van der Waals surface area contributed by atoms with E-state index in [2.05, 4.69) is 26.6 Å². The van der Waals surface area contributed by atoms with E-state index < -0.39 is 18.0 Å². The van der Waals surface area contributed by atoms with Crippen molar-refractivity contribution in [3.63, 3.8) is 0 Å². The van der Waals surface area contributed by atoms with Crippen molar-refractivity contribution in [1.82, 2.24) is 5.32 Å². The number of carbonyl (C=O) groups is 2. The Hall–Kier alpha value is -1.86. The number of urea groups is 1. The fourth-order valence-electron chi connectivity index (χ4n) is 1.73. The van der Waals surface area contributed by atoms with Gasteiger partial charge in [0.05, 0.1) is 0 Å². The van der Waals surface area contributed by atoms with Crippen LogP contribution >= 0.6 is 27.3 Å². The number of hydrogen-bond acceptors (Lipinski definition) is 3. The number of aryl methyl sites for hydroxylation is 1. The van der Waals surface area contributed by atoms with Gasteiger partial charge in [-0.05, 0) is 36.1 Å². The fourth-order valence-corrected chi connectivity index (χ4v) is 2.86. The summed E-state index contributed by atoms with van der Waals surface area (Å²) < 4.78 is 0.830. The molecule has 0 radical (unpaired) electrons. The maximum absolute atomic E-state index is 12.0. The number of carboxylic acid groups (broad SMARTS) is 1. The van der Waals surface area contributed by atoms with Gasteiger partial charge in [0.25, 0.3) is 0 Å². The van der Waals surface area contributed by atoms with Crippen LogP contribution in [0.15, 0.2) is 40.2 Å². The lowest BCUT2D eigenvalue weighted by molar-refractivity contribution is -0.139. The lowest BCUT2D eigenvalue weighted by Crippen LogP contribution is -2.36. The van der Waals surface area contributed by atoms with Crippen LogP contribution in [0, 0.1) is 6.92 Å². The molecular formula is C14H13BrN2O3S. The first-order chi connectivity index (χ1) is 9.97. The predicted molar refractivity (Wildman–Crippen MR) is 85.7 cm³/mol. The second-order valence-electron chi connectivity index (χ2n) is 4.34. The summed E-state index contributed by atoms with van der Waals surface area (Å²) in [5.41, 5.74) is 1.51. The number of amides is 2. The van der Waals surface area contributed by atoms with Gasteiger partial charge in [-0.15, -0.1) is 11.3 Å². The minimum Gasteiger partial charge on any atom is -0.479 e. The number of benzene rings is 1. The molecule has 1 aromatic heterocycles. The van der Waals surface area contributed by atoms with Crippen LogP contribution in [0.3, 0.4) is 0 Å². The molecule has 21 heavy (non-hydrogen) atoms. The number of carboxylic acids is 1. The number of rotatable bonds is 4. The molecule has 1 heterocycles. The summed E-state index contributed by atoms with van der Waals surface area (Å²) in [5.74, 6) is -1.10. The van der Waals surface area contributed by atoms with E-state index in [1.807, 2.05) is 19.1 Å². The highest BCUT2D eigenvalue weighted by Gasteiger charge is 2.23. The molecule has 1 atom stereocenters. The van der Waals surface area contributed by atoms with Crippen molar-refractivity contribution in [3.05, 3.63) is 50.6 Å². The normalized spacial score (nSPS) is 11.7. The predicted octanol–water partition coefficient (Wildman–Crippen LogP) is 3.77. The van der Waals surface area contributed by atoms with Crippen LogP contribution in [0.1, 0.15) is 16.5 Å². The first-order valence-electron chi connectivity index (χ1n) is 6.07. The lowest BCUT2D eigenvalue weighted by atomic mass is 10.2. The lowest BCUT2D eigenvalue weighted by Gasteiger charge is -2.15. The van der Waals surface area contributed by atoms with Crippen LogP contribution < -0.4 is 10.6 Å². The van der Waals surface area contributed by atoms with Crippen molar-refractivity contribution in [2.45, 2.75) is 13.0 Å². The van der Waals surface area contributed by atoms with E-state index in [9.17, 15) is 14.7 Å². The number of carbonyl (C=O) groups excluding carboxylic acids is 1. The molecule has 7 heteroatoms. The Bertz CT molecular complexity index is 658. The minimum atomic E-state index is -1.10. The van der Waals surface area contributed by atoms with Crippen LogP contribution in [0.25, 0.3) is 0 Å². The van der Waals surface area contributed by atoms with Gasteiger partial charge in [-0.1, -0.05) is 28.1 Å². The highest BCUT2D eigenvalue weighted by Crippen LogP contribution is 2.22. The molecule has 0 spiro atoms. The van der Waals surface area contributed by atoms with E-state index in [-0.39, 0.29) is 0 Å². The Morgan fingerprint density at radius 1 is 1.33 bits per heavy atom. The molecule has 0 aliphatic rings. The number of thiophene rings is 1. The number of aliphatic carboxylic acids is 1. The zero-order chi connectivity index (χ0) is 15.4. The number of nitrogens with one attached hydrogen (secondary N) is 2. The van der Waals surface area contributed by atoms with Crippen LogP contribution in [0.5, 0.6) is 0 Å². The fraction of sp³-hybridized carbons (Fsp3) is 0.143. The van der Waals surface area contributed by atoms with Gasteiger partial charge in [-0.3, -0.25) is 0 Å². The van der Waals surface area contributed by atoms with Crippen molar-refractivity contribution in [1.29, 1.82) is 0 Å². The van der Waals surface area contributed by atoms with Crippen LogP contribution in [0.4, 0.5) is 10.5 Å². The van der Waals surface area contributed by atoms with Crippen molar-refractivity contribution in [3.8, 4) is 0 Å². The van der Waals surface area contributed by atoms with Crippen molar-refractivity contribution in [2.24, 2.45) is 0 Å². The number of halogens is 1. The second-order valence-corrected chi connectivity index (χ2v) is 6.24. The van der Waals surface area contributed by atoms with Gasteiger partial charge in [0, 0.05) is 15.0 Å². The quantitative estimate of drug-likeness (QED) is 0.768. The third-order valence-corrected chi connectivity index (χ3v) is 4.23. The van der Waals surface area contributed by atoms with Crippen molar-refractivity contribution >= 4 is 45.0 Å². The van der Waals surface area contributed by atoms with Gasteiger partial charge in [-0.2, -0.15) is 0 Å². The number of hydrogen-bond donors (Lipinski definition) is 3. The van der Waals surface area contributed by atoms with Gasteiger partial charge in [0.15, 0.2) is 6.04 Å². The molecule has 1 unspecified atom stereocenters. The molecule has 0 aliphatic carbocycles. The summed E-state index contributed by atoms with van der Waals surface area (Å²) in [6, 6.07) is 7.28. The zero-order valence-electron chi connectivity index (χ0n) is 11.1. The van der Waals surface area contributed by atoms with E-state index in [0.29, 0.717) is 10.6 Å². The summed E-state index contributed by atoms with van der Waals surface area (Å²) in [7, 11) is 0. The minimum absolute atomic E-state index is 0.558. The van der Waals surface area contributed by atoms with Gasteiger partial charge in [0.1, 0.15) is 0 Å². The van der Waals surface area contributed by atoms with Crippen molar-refractivity contribution in [2.75, 3.05) is 5.32 Å².